The molecule has 3 rings (SSSR count). The molecule has 1 atom stereocenters. The van der Waals surface area contributed by atoms with Crippen LogP contribution in [0.4, 0.5) is 10.1 Å². The van der Waals surface area contributed by atoms with Gasteiger partial charge in [-0.25, -0.2) is 4.39 Å². The lowest BCUT2D eigenvalue weighted by Crippen LogP contribution is -2.06. The first-order valence-electron chi connectivity index (χ1n) is 7.72. The molecule has 0 bridgehead atoms. The fraction of sp³-hybridized carbons (Fsp3) is 0.200. The zero-order chi connectivity index (χ0) is 16.2. The van der Waals surface area contributed by atoms with E-state index in [1.165, 1.54) is 0 Å². The van der Waals surface area contributed by atoms with E-state index in [4.69, 9.17) is 10.5 Å². The van der Waals surface area contributed by atoms with Crippen molar-refractivity contribution < 1.29 is 9.13 Å². The quantitative estimate of drug-likeness (QED) is 0.837. The first-order chi connectivity index (χ1) is 11.2. The minimum Gasteiger partial charge on any atom is -0.496 e. The molecular weight excluding hydrogens is 289 g/mol. The van der Waals surface area contributed by atoms with E-state index in [2.05, 4.69) is 6.08 Å². The highest BCUT2D eigenvalue weighted by Gasteiger charge is 2.21. The Morgan fingerprint density at radius 3 is 2.57 bits per heavy atom. The summed E-state index contributed by atoms with van der Waals surface area (Å²) in [5.74, 6) is 0.445. The number of ether oxygens (including phenoxy) is 1. The van der Waals surface area contributed by atoms with E-state index in [0.29, 0.717) is 29.0 Å². The monoisotopic (exact) mass is 309 g/mol. The van der Waals surface area contributed by atoms with Crippen LogP contribution in [0.1, 0.15) is 29.0 Å². The van der Waals surface area contributed by atoms with E-state index < -0.39 is 0 Å². The van der Waals surface area contributed by atoms with E-state index in [0.717, 1.165) is 12.0 Å². The Morgan fingerprint density at radius 2 is 1.91 bits per heavy atom. The molecule has 1 aliphatic carbocycles. The van der Waals surface area contributed by atoms with Crippen molar-refractivity contribution in [2.75, 3.05) is 12.8 Å². The molecule has 0 aromatic heterocycles. The second kappa shape index (κ2) is 6.69. The maximum Gasteiger partial charge on any atom is 0.134 e. The maximum atomic E-state index is 15.1. The summed E-state index contributed by atoms with van der Waals surface area (Å²) in [6.07, 6.45) is 9.34. The summed E-state index contributed by atoms with van der Waals surface area (Å²) in [6, 6.07) is 11.2. The van der Waals surface area contributed by atoms with Crippen LogP contribution in [0.25, 0.3) is 0 Å². The maximum absolute atomic E-state index is 15.1. The highest BCUT2D eigenvalue weighted by Crippen LogP contribution is 2.36. The molecule has 2 aromatic carbocycles. The average Bonchev–Trinajstić information content (AvgIpc) is 2.59. The Labute approximate surface area is 136 Å². The lowest BCUT2D eigenvalue weighted by molar-refractivity contribution is 0.401. The third kappa shape index (κ3) is 3.29. The van der Waals surface area contributed by atoms with E-state index in [1.54, 1.807) is 13.2 Å². The zero-order valence-electron chi connectivity index (χ0n) is 13.1. The number of rotatable bonds is 4. The Hall–Kier alpha value is -2.55. The van der Waals surface area contributed by atoms with Crippen LogP contribution in [0.3, 0.4) is 0 Å². The average molecular weight is 309 g/mol. The molecule has 2 N–H and O–H groups in total. The molecule has 2 aromatic rings. The molecule has 1 aliphatic rings. The molecule has 0 fully saturated rings. The lowest BCUT2D eigenvalue weighted by Gasteiger charge is -2.19. The highest BCUT2D eigenvalue weighted by molar-refractivity contribution is 5.46. The van der Waals surface area contributed by atoms with Crippen molar-refractivity contribution in [3.05, 3.63) is 83.2 Å². The van der Waals surface area contributed by atoms with E-state index in [1.807, 2.05) is 48.6 Å². The van der Waals surface area contributed by atoms with Gasteiger partial charge in [-0.2, -0.15) is 0 Å². The fourth-order valence-corrected chi connectivity index (χ4v) is 2.93. The smallest absolute Gasteiger partial charge is 0.134 e. The van der Waals surface area contributed by atoms with Crippen LogP contribution in [-0.4, -0.2) is 7.11 Å². The van der Waals surface area contributed by atoms with Gasteiger partial charge in [-0.15, -0.1) is 0 Å². The first-order valence-corrected chi connectivity index (χ1v) is 7.72. The predicted octanol–water partition coefficient (Wildman–Crippen LogP) is 4.61. The summed E-state index contributed by atoms with van der Waals surface area (Å²) in [5.41, 5.74) is 8.77. The molecule has 1 unspecified atom stereocenters. The molecule has 0 radical (unpaired) electrons. The third-order valence-electron chi connectivity index (χ3n) is 4.17. The molecule has 2 nitrogen and oxygen atoms in total. The summed E-state index contributed by atoms with van der Waals surface area (Å²) in [6.45, 7) is 0. The van der Waals surface area contributed by atoms with Crippen molar-refractivity contribution in [3.8, 4) is 5.75 Å². The standard InChI is InChI=1S/C20H20FNO/c1-23-18-12-9-16(13-14-7-10-17(22)11-8-14)20(21)19(18)15-5-3-2-4-6-15/h2-5,7-12,15H,6,13,22H2,1H3. The summed E-state index contributed by atoms with van der Waals surface area (Å²) >= 11 is 0. The molecule has 0 aliphatic heterocycles. The van der Waals surface area contributed by atoms with Gasteiger partial charge in [-0.3, -0.25) is 0 Å². The van der Waals surface area contributed by atoms with Gasteiger partial charge in [-0.05, 0) is 35.7 Å². The second-order valence-corrected chi connectivity index (χ2v) is 5.73. The van der Waals surface area contributed by atoms with E-state index in [-0.39, 0.29) is 11.7 Å². The Bertz CT molecular complexity index is 747. The number of hydrogen-bond donors (Lipinski definition) is 1. The van der Waals surface area contributed by atoms with Gasteiger partial charge in [0.25, 0.3) is 0 Å². The molecule has 0 saturated heterocycles. The van der Waals surface area contributed by atoms with Crippen molar-refractivity contribution >= 4 is 5.69 Å². The third-order valence-corrected chi connectivity index (χ3v) is 4.17. The van der Waals surface area contributed by atoms with Crippen molar-refractivity contribution in [1.29, 1.82) is 0 Å². The van der Waals surface area contributed by atoms with Crippen molar-refractivity contribution in [3.63, 3.8) is 0 Å². The molecule has 118 valence electrons. The van der Waals surface area contributed by atoms with Crippen LogP contribution in [0.2, 0.25) is 0 Å². The van der Waals surface area contributed by atoms with Gasteiger partial charge in [0.05, 0.1) is 7.11 Å². The van der Waals surface area contributed by atoms with Crippen LogP contribution < -0.4 is 10.5 Å². The molecular formula is C20H20FNO. The second-order valence-electron chi connectivity index (χ2n) is 5.73. The van der Waals surface area contributed by atoms with Crippen molar-refractivity contribution in [2.24, 2.45) is 0 Å². The predicted molar refractivity (Wildman–Crippen MR) is 92.3 cm³/mol. The van der Waals surface area contributed by atoms with Crippen molar-refractivity contribution in [1.82, 2.24) is 0 Å². The van der Waals surface area contributed by atoms with Gasteiger partial charge >= 0.3 is 0 Å². The summed E-state index contributed by atoms with van der Waals surface area (Å²) in [5, 5.41) is 0. The van der Waals surface area contributed by atoms with Crippen LogP contribution in [0, 0.1) is 5.82 Å². The van der Waals surface area contributed by atoms with Crippen LogP contribution in [-0.2, 0) is 6.42 Å². The number of nitrogen functional groups attached to an aromatic ring is 1. The first kappa shape index (κ1) is 15.3. The van der Waals surface area contributed by atoms with Gasteiger partial charge < -0.3 is 10.5 Å². The minimum atomic E-state index is -0.175. The number of nitrogens with two attached hydrogens (primary N) is 1. The van der Waals surface area contributed by atoms with Crippen LogP contribution in [0.5, 0.6) is 5.75 Å². The van der Waals surface area contributed by atoms with E-state index in [9.17, 15) is 0 Å². The number of halogens is 1. The Balaban J connectivity index is 1.97. The fourth-order valence-electron chi connectivity index (χ4n) is 2.93. The van der Waals surface area contributed by atoms with Gasteiger partial charge in [0.2, 0.25) is 0 Å². The van der Waals surface area contributed by atoms with Gasteiger partial charge in [-0.1, -0.05) is 42.5 Å². The summed E-state index contributed by atoms with van der Waals surface area (Å²) in [7, 11) is 1.58. The van der Waals surface area contributed by atoms with Gasteiger partial charge in [0, 0.05) is 23.6 Å². The lowest BCUT2D eigenvalue weighted by atomic mass is 9.89. The van der Waals surface area contributed by atoms with Crippen LogP contribution in [0.15, 0.2) is 60.7 Å². The topological polar surface area (TPSA) is 35.2 Å². The Kier molecular flexibility index (Phi) is 4.47. The number of methoxy groups -OCH3 is 1. The largest absolute Gasteiger partial charge is 0.496 e. The van der Waals surface area contributed by atoms with Crippen LogP contribution >= 0.6 is 0 Å². The molecule has 0 spiro atoms. The SMILES string of the molecule is COc1ccc(Cc2ccc(N)cc2)c(F)c1C1C=CC=CC1. The summed E-state index contributed by atoms with van der Waals surface area (Å²) < 4.78 is 20.5. The molecule has 3 heteroatoms. The number of anilines is 1. The molecule has 23 heavy (non-hydrogen) atoms. The highest BCUT2D eigenvalue weighted by atomic mass is 19.1. The summed E-state index contributed by atoms with van der Waals surface area (Å²) in [4.78, 5) is 0. The van der Waals surface area contributed by atoms with Gasteiger partial charge in [0.15, 0.2) is 0 Å². The normalized spacial score (nSPS) is 16.5. The van der Waals surface area contributed by atoms with Gasteiger partial charge in [0.1, 0.15) is 11.6 Å². The molecule has 0 amide bonds. The number of hydrogen-bond acceptors (Lipinski definition) is 2. The number of allylic oxidation sites excluding steroid dienone is 4. The Morgan fingerprint density at radius 1 is 1.13 bits per heavy atom. The molecule has 0 saturated carbocycles. The number of benzene rings is 2. The molecule has 0 heterocycles. The minimum absolute atomic E-state index is 0.0151. The zero-order valence-corrected chi connectivity index (χ0v) is 13.1. The van der Waals surface area contributed by atoms with E-state index >= 15 is 4.39 Å². The van der Waals surface area contributed by atoms with Crippen molar-refractivity contribution in [2.45, 2.75) is 18.8 Å².